The van der Waals surface area contributed by atoms with Gasteiger partial charge in [0.25, 0.3) is 5.56 Å². The Morgan fingerprint density at radius 2 is 1.94 bits per heavy atom. The van der Waals surface area contributed by atoms with Crippen LogP contribution in [0.1, 0.15) is 56.4 Å². The number of hydrogen-bond acceptors (Lipinski definition) is 4. The van der Waals surface area contributed by atoms with Gasteiger partial charge in [-0.15, -0.1) is 0 Å². The summed E-state index contributed by atoms with van der Waals surface area (Å²) in [5.74, 6) is 0.572. The lowest BCUT2D eigenvalue weighted by molar-refractivity contribution is -0.138. The molecule has 1 aliphatic carbocycles. The quantitative estimate of drug-likeness (QED) is 0.401. The first-order valence-corrected chi connectivity index (χ1v) is 12.2. The van der Waals surface area contributed by atoms with E-state index in [2.05, 4.69) is 23.7 Å². The Balaban J connectivity index is 1.87. The number of alkyl halides is 3. The smallest absolute Gasteiger partial charge is 0.421 e. The number of allylic oxidation sites excluding steroid dienone is 1. The van der Waals surface area contributed by atoms with Crippen LogP contribution in [0, 0.1) is 5.92 Å². The van der Waals surface area contributed by atoms with Gasteiger partial charge in [0.2, 0.25) is 0 Å². The highest BCUT2D eigenvalue weighted by Crippen LogP contribution is 2.34. The largest absolute Gasteiger partial charge is 0.492 e. The third kappa shape index (κ3) is 7.21. The second-order valence-electron chi connectivity index (χ2n) is 8.61. The minimum absolute atomic E-state index is 0.0712. The number of benzene rings is 1. The Hall–Kier alpha value is -2.58. The lowest BCUT2D eigenvalue weighted by atomic mass is 9.95. The first-order chi connectivity index (χ1) is 16.6. The fourth-order valence-electron chi connectivity index (χ4n) is 4.21. The second-order valence-corrected chi connectivity index (χ2v) is 9.02. The molecule has 0 radical (unpaired) electrons. The van der Waals surface area contributed by atoms with Crippen LogP contribution in [-0.4, -0.2) is 41.9 Å². The SMILES string of the molecule is CCN(CC)CCCOc1ccc(/C(=C\[C@H]2CCC(=O)C2)c2ccc(C(F)(F)F)c(=O)[nH]2)cc1Cl. The number of hydrogen-bond donors (Lipinski definition) is 1. The molecule has 35 heavy (non-hydrogen) atoms. The van der Waals surface area contributed by atoms with E-state index < -0.39 is 17.3 Å². The van der Waals surface area contributed by atoms with E-state index in [4.69, 9.17) is 16.3 Å². The molecule has 1 N–H and O–H groups in total. The van der Waals surface area contributed by atoms with E-state index in [9.17, 15) is 22.8 Å². The van der Waals surface area contributed by atoms with Crippen LogP contribution in [0.5, 0.6) is 5.75 Å². The number of H-pyrrole nitrogens is 1. The fraction of sp³-hybridized carbons (Fsp3) is 0.462. The van der Waals surface area contributed by atoms with Gasteiger partial charge in [0.05, 0.1) is 11.6 Å². The van der Waals surface area contributed by atoms with Gasteiger partial charge in [0, 0.05) is 30.7 Å². The van der Waals surface area contributed by atoms with Gasteiger partial charge in [0.1, 0.15) is 17.1 Å². The Morgan fingerprint density at radius 3 is 2.51 bits per heavy atom. The lowest BCUT2D eigenvalue weighted by Gasteiger charge is -2.18. The predicted octanol–water partition coefficient (Wildman–Crippen LogP) is 5.96. The molecule has 1 heterocycles. The molecule has 190 valence electrons. The van der Waals surface area contributed by atoms with E-state index in [1.165, 1.54) is 6.07 Å². The molecule has 0 amide bonds. The summed E-state index contributed by atoms with van der Waals surface area (Å²) in [4.78, 5) is 28.6. The fourth-order valence-corrected chi connectivity index (χ4v) is 4.45. The van der Waals surface area contributed by atoms with Crippen molar-refractivity contribution in [3.05, 3.63) is 68.6 Å². The monoisotopic (exact) mass is 510 g/mol. The number of nitrogens with zero attached hydrogens (tertiary/aromatic N) is 1. The number of aromatic amines is 1. The van der Waals surface area contributed by atoms with Gasteiger partial charge in [-0.25, -0.2) is 0 Å². The number of halogens is 4. The van der Waals surface area contributed by atoms with Crippen molar-refractivity contribution < 1.29 is 22.7 Å². The molecule has 1 atom stereocenters. The lowest BCUT2D eigenvalue weighted by Crippen LogP contribution is -2.25. The number of carbonyl (C=O) groups is 1. The van der Waals surface area contributed by atoms with Crippen molar-refractivity contribution in [2.45, 2.75) is 45.7 Å². The Kier molecular flexibility index (Phi) is 9.19. The molecular weight excluding hydrogens is 481 g/mol. The van der Waals surface area contributed by atoms with Gasteiger partial charge < -0.3 is 14.6 Å². The van der Waals surface area contributed by atoms with E-state index in [1.54, 1.807) is 18.2 Å². The van der Waals surface area contributed by atoms with E-state index in [0.29, 0.717) is 47.8 Å². The number of Topliss-reactive ketones (excluding diaryl/α,β-unsaturated/α-hetero) is 1. The van der Waals surface area contributed by atoms with E-state index in [0.717, 1.165) is 32.1 Å². The Bertz CT molecular complexity index is 1120. The van der Waals surface area contributed by atoms with Gasteiger partial charge >= 0.3 is 6.18 Å². The van der Waals surface area contributed by atoms with Crippen molar-refractivity contribution in [3.8, 4) is 5.75 Å². The van der Waals surface area contributed by atoms with Crippen molar-refractivity contribution in [1.82, 2.24) is 9.88 Å². The normalized spacial score (nSPS) is 16.8. The van der Waals surface area contributed by atoms with Crippen LogP contribution < -0.4 is 10.3 Å². The van der Waals surface area contributed by atoms with Crippen LogP contribution in [0.15, 0.2) is 41.2 Å². The van der Waals surface area contributed by atoms with Crippen LogP contribution in [0.3, 0.4) is 0 Å². The van der Waals surface area contributed by atoms with Gasteiger partial charge in [-0.3, -0.25) is 9.59 Å². The summed E-state index contributed by atoms with van der Waals surface area (Å²) in [5.41, 5.74) is -1.12. The molecule has 3 rings (SSSR count). The number of carbonyl (C=O) groups excluding carboxylic acids is 1. The van der Waals surface area contributed by atoms with Crippen LogP contribution in [0.2, 0.25) is 5.02 Å². The molecule has 0 aliphatic heterocycles. The molecule has 9 heteroatoms. The molecule has 0 unspecified atom stereocenters. The topological polar surface area (TPSA) is 62.4 Å². The van der Waals surface area contributed by atoms with E-state index in [1.807, 2.05) is 6.08 Å². The average Bonchev–Trinajstić information content (AvgIpc) is 3.22. The van der Waals surface area contributed by atoms with Crippen molar-refractivity contribution in [1.29, 1.82) is 0 Å². The Labute approximate surface area is 207 Å². The maximum atomic E-state index is 13.1. The maximum Gasteiger partial charge on any atom is 0.421 e. The van der Waals surface area contributed by atoms with Gasteiger partial charge in [-0.1, -0.05) is 37.6 Å². The third-order valence-corrected chi connectivity index (χ3v) is 6.50. The molecule has 0 spiro atoms. The van der Waals surface area contributed by atoms with E-state index in [-0.39, 0.29) is 17.4 Å². The van der Waals surface area contributed by atoms with Crippen molar-refractivity contribution in [3.63, 3.8) is 0 Å². The first kappa shape index (κ1) is 27.0. The summed E-state index contributed by atoms with van der Waals surface area (Å²) in [5, 5.41) is 0.355. The molecule has 1 aliphatic rings. The molecule has 5 nitrogen and oxygen atoms in total. The number of pyridine rings is 1. The minimum atomic E-state index is -4.75. The van der Waals surface area contributed by atoms with Crippen LogP contribution >= 0.6 is 11.6 Å². The van der Waals surface area contributed by atoms with Crippen molar-refractivity contribution >= 4 is 23.0 Å². The summed E-state index contributed by atoms with van der Waals surface area (Å²) in [6, 6.07) is 7.14. The van der Waals surface area contributed by atoms with Crippen molar-refractivity contribution in [2.75, 3.05) is 26.2 Å². The zero-order valence-corrected chi connectivity index (χ0v) is 20.6. The second kappa shape index (κ2) is 11.9. The summed E-state index contributed by atoms with van der Waals surface area (Å²) in [6.45, 7) is 7.57. The molecule has 0 bridgehead atoms. The highest BCUT2D eigenvalue weighted by Gasteiger charge is 2.34. The van der Waals surface area contributed by atoms with Crippen LogP contribution in [0.25, 0.3) is 5.57 Å². The zero-order chi connectivity index (χ0) is 25.6. The highest BCUT2D eigenvalue weighted by molar-refractivity contribution is 6.32. The molecular formula is C26H30ClF3N2O3. The summed E-state index contributed by atoms with van der Waals surface area (Å²) < 4.78 is 45.1. The first-order valence-electron chi connectivity index (χ1n) is 11.8. The maximum absolute atomic E-state index is 13.1. The standard InChI is InChI=1S/C26H30ClF3N2O3/c1-3-32(4-2)12-5-13-35-24-11-7-18(16-22(24)27)20(15-17-6-8-19(33)14-17)23-10-9-21(25(34)31-23)26(28,29)30/h7,9-11,15-17H,3-6,8,12-14H2,1-2H3,(H,31,34)/b20-15+/t17-/m0/s1. The molecule has 1 saturated carbocycles. The number of nitrogens with one attached hydrogen (secondary N) is 1. The average molecular weight is 511 g/mol. The highest BCUT2D eigenvalue weighted by atomic mass is 35.5. The number of ether oxygens (including phenoxy) is 1. The summed E-state index contributed by atoms with van der Waals surface area (Å²) >= 11 is 6.48. The van der Waals surface area contributed by atoms with Crippen molar-refractivity contribution in [2.24, 2.45) is 5.92 Å². The van der Waals surface area contributed by atoms with Crippen LogP contribution in [0.4, 0.5) is 13.2 Å². The summed E-state index contributed by atoms with van der Waals surface area (Å²) in [7, 11) is 0. The number of ketones is 1. The van der Waals surface area contributed by atoms with E-state index >= 15 is 0 Å². The van der Waals surface area contributed by atoms with Gasteiger partial charge in [-0.05, 0) is 61.7 Å². The molecule has 1 fully saturated rings. The zero-order valence-electron chi connectivity index (χ0n) is 19.9. The third-order valence-electron chi connectivity index (χ3n) is 6.20. The minimum Gasteiger partial charge on any atom is -0.492 e. The number of rotatable bonds is 10. The predicted molar refractivity (Wildman–Crippen MR) is 131 cm³/mol. The van der Waals surface area contributed by atoms with Gasteiger partial charge in [0.15, 0.2) is 0 Å². The van der Waals surface area contributed by atoms with Gasteiger partial charge in [-0.2, -0.15) is 13.2 Å². The molecule has 1 aromatic heterocycles. The number of aromatic nitrogens is 1. The summed E-state index contributed by atoms with van der Waals surface area (Å²) in [6.07, 6.45) is -0.613. The molecule has 0 saturated heterocycles. The van der Waals surface area contributed by atoms with Crippen LogP contribution in [-0.2, 0) is 11.0 Å². The molecule has 2 aromatic rings. The molecule has 1 aromatic carbocycles. The Morgan fingerprint density at radius 1 is 1.20 bits per heavy atom.